The zero-order chi connectivity index (χ0) is 28.8. The highest BCUT2D eigenvalue weighted by Gasteiger charge is 2.23. The Balaban J connectivity index is 1.82. The summed E-state index contributed by atoms with van der Waals surface area (Å²) in [5.74, 6) is 1.21. The molecule has 1 aromatic heterocycles. The Labute approximate surface area is 239 Å². The van der Waals surface area contributed by atoms with Gasteiger partial charge in [-0.2, -0.15) is 5.26 Å². The highest BCUT2D eigenvalue weighted by atomic mass is 32.2. The number of nitriles is 1. The smallest absolute Gasteiger partial charge is 0.237 e. The van der Waals surface area contributed by atoms with E-state index in [-0.39, 0.29) is 5.91 Å². The number of nitrogens with one attached hydrogen (secondary N) is 1. The van der Waals surface area contributed by atoms with Crippen molar-refractivity contribution in [2.45, 2.75) is 31.0 Å². The molecule has 0 aliphatic rings. The molecule has 7 nitrogen and oxygen atoms in total. The maximum absolute atomic E-state index is 13.2. The molecule has 0 aliphatic carbocycles. The number of ether oxygens (including phenoxy) is 3. The zero-order valence-corrected chi connectivity index (χ0v) is 24.2. The Morgan fingerprint density at radius 2 is 1.60 bits per heavy atom. The van der Waals surface area contributed by atoms with Gasteiger partial charge in [-0.05, 0) is 61.7 Å². The van der Waals surface area contributed by atoms with Gasteiger partial charge in [0.05, 0.1) is 37.8 Å². The molecule has 3 aromatic carbocycles. The fraction of sp³-hybridized carbons (Fsp3) is 0.219. The third kappa shape index (κ3) is 5.90. The summed E-state index contributed by atoms with van der Waals surface area (Å²) in [5, 5.41) is 13.3. The maximum atomic E-state index is 13.2. The fourth-order valence-electron chi connectivity index (χ4n) is 4.28. The van der Waals surface area contributed by atoms with Crippen molar-refractivity contribution in [1.29, 1.82) is 5.26 Å². The largest absolute Gasteiger partial charge is 0.493 e. The SMILES string of the molecule is COc1cc(-c2cc(-c3ccccc3)nc(SC(C)C(=O)Nc3cccc(C)c3C)c2C#N)cc(OC)c1OC. The van der Waals surface area contributed by atoms with Crippen LogP contribution in [-0.4, -0.2) is 37.5 Å². The predicted octanol–water partition coefficient (Wildman–Crippen LogP) is 7.05. The van der Waals surface area contributed by atoms with Gasteiger partial charge in [0.15, 0.2) is 11.5 Å². The zero-order valence-electron chi connectivity index (χ0n) is 23.4. The lowest BCUT2D eigenvalue weighted by atomic mass is 9.98. The second-order valence-electron chi connectivity index (χ2n) is 9.12. The number of thioether (sulfide) groups is 1. The number of carbonyl (C=O) groups excluding carboxylic acids is 1. The van der Waals surface area contributed by atoms with E-state index in [2.05, 4.69) is 11.4 Å². The Hall–Kier alpha value is -4.48. The van der Waals surface area contributed by atoms with Crippen LogP contribution < -0.4 is 19.5 Å². The topological polar surface area (TPSA) is 93.5 Å². The first-order valence-electron chi connectivity index (χ1n) is 12.7. The van der Waals surface area contributed by atoms with Gasteiger partial charge in [0.2, 0.25) is 11.7 Å². The second kappa shape index (κ2) is 12.6. The number of hydrogen-bond acceptors (Lipinski definition) is 7. The predicted molar refractivity (Wildman–Crippen MR) is 159 cm³/mol. The lowest BCUT2D eigenvalue weighted by Gasteiger charge is -2.18. The van der Waals surface area contributed by atoms with E-state index in [9.17, 15) is 10.1 Å². The van der Waals surface area contributed by atoms with Crippen molar-refractivity contribution >= 4 is 23.4 Å². The molecule has 1 amide bonds. The van der Waals surface area contributed by atoms with Gasteiger partial charge in [0.25, 0.3) is 0 Å². The van der Waals surface area contributed by atoms with Crippen LogP contribution in [0.2, 0.25) is 0 Å². The summed E-state index contributed by atoms with van der Waals surface area (Å²) in [6.07, 6.45) is 0. The highest BCUT2D eigenvalue weighted by molar-refractivity contribution is 8.00. The van der Waals surface area contributed by atoms with E-state index < -0.39 is 5.25 Å². The molecule has 0 saturated carbocycles. The lowest BCUT2D eigenvalue weighted by Crippen LogP contribution is -2.23. The molecule has 0 bridgehead atoms. The van der Waals surface area contributed by atoms with Crippen molar-refractivity contribution in [3.05, 3.63) is 83.4 Å². The third-order valence-corrected chi connectivity index (χ3v) is 7.75. The molecule has 204 valence electrons. The van der Waals surface area contributed by atoms with Crippen molar-refractivity contribution in [1.82, 2.24) is 4.98 Å². The molecule has 0 radical (unpaired) electrons. The van der Waals surface area contributed by atoms with Crippen LogP contribution in [0, 0.1) is 25.2 Å². The second-order valence-corrected chi connectivity index (χ2v) is 10.5. The molecule has 1 heterocycles. The van der Waals surface area contributed by atoms with Crippen LogP contribution in [0.3, 0.4) is 0 Å². The first-order valence-corrected chi connectivity index (χ1v) is 13.5. The Morgan fingerprint density at radius 1 is 0.925 bits per heavy atom. The van der Waals surface area contributed by atoms with Crippen LogP contribution in [0.5, 0.6) is 17.2 Å². The number of carbonyl (C=O) groups is 1. The number of anilines is 1. The molecule has 0 spiro atoms. The van der Waals surface area contributed by atoms with E-state index in [0.29, 0.717) is 44.7 Å². The summed E-state index contributed by atoms with van der Waals surface area (Å²) in [7, 11) is 4.64. The van der Waals surface area contributed by atoms with Crippen LogP contribution in [0.15, 0.2) is 71.8 Å². The number of pyridine rings is 1. The minimum atomic E-state index is -0.529. The number of benzene rings is 3. The molecule has 4 aromatic rings. The van der Waals surface area contributed by atoms with Crippen molar-refractivity contribution in [2.24, 2.45) is 0 Å². The first kappa shape index (κ1) is 28.5. The monoisotopic (exact) mass is 553 g/mol. The summed E-state index contributed by atoms with van der Waals surface area (Å²) >= 11 is 1.24. The summed E-state index contributed by atoms with van der Waals surface area (Å²) < 4.78 is 16.6. The van der Waals surface area contributed by atoms with Crippen molar-refractivity contribution in [2.75, 3.05) is 26.6 Å². The van der Waals surface area contributed by atoms with Crippen molar-refractivity contribution < 1.29 is 19.0 Å². The average Bonchev–Trinajstić information content (AvgIpc) is 2.98. The Kier molecular flexibility index (Phi) is 8.97. The number of aromatic nitrogens is 1. The van der Waals surface area contributed by atoms with E-state index in [0.717, 1.165) is 22.4 Å². The number of rotatable bonds is 9. The Bertz CT molecular complexity index is 1560. The number of amides is 1. The van der Waals surface area contributed by atoms with Gasteiger partial charge in [-0.15, -0.1) is 0 Å². The summed E-state index contributed by atoms with van der Waals surface area (Å²) in [4.78, 5) is 18.1. The van der Waals surface area contributed by atoms with E-state index in [4.69, 9.17) is 19.2 Å². The van der Waals surface area contributed by atoms with E-state index in [1.165, 1.54) is 11.8 Å². The van der Waals surface area contributed by atoms with Crippen LogP contribution in [0.4, 0.5) is 5.69 Å². The minimum Gasteiger partial charge on any atom is -0.493 e. The maximum Gasteiger partial charge on any atom is 0.237 e. The van der Waals surface area contributed by atoms with Crippen molar-refractivity contribution in [3.63, 3.8) is 0 Å². The molecular weight excluding hydrogens is 522 g/mol. The van der Waals surface area contributed by atoms with Gasteiger partial charge in [-0.1, -0.05) is 54.2 Å². The third-order valence-electron chi connectivity index (χ3n) is 6.66. The normalized spacial score (nSPS) is 11.3. The molecule has 4 rings (SSSR count). The van der Waals surface area contributed by atoms with Crippen LogP contribution >= 0.6 is 11.8 Å². The molecule has 1 unspecified atom stereocenters. The molecular formula is C32H31N3O4S. The van der Waals surface area contributed by atoms with Gasteiger partial charge in [0.1, 0.15) is 11.1 Å². The van der Waals surface area contributed by atoms with Gasteiger partial charge in [-0.25, -0.2) is 4.98 Å². The summed E-state index contributed by atoms with van der Waals surface area (Å²) in [6.45, 7) is 5.79. The molecule has 1 atom stereocenters. The number of aryl methyl sites for hydroxylation is 1. The molecule has 0 aliphatic heterocycles. The molecule has 1 N–H and O–H groups in total. The molecule has 8 heteroatoms. The van der Waals surface area contributed by atoms with E-state index in [1.807, 2.05) is 75.4 Å². The quantitative estimate of drug-likeness (QED) is 0.222. The number of methoxy groups -OCH3 is 3. The lowest BCUT2D eigenvalue weighted by molar-refractivity contribution is -0.115. The van der Waals surface area contributed by atoms with Gasteiger partial charge in [0, 0.05) is 16.8 Å². The molecule has 0 fully saturated rings. The number of nitrogens with zero attached hydrogens (tertiary/aromatic N) is 2. The van der Waals surface area contributed by atoms with Crippen molar-refractivity contribution in [3.8, 4) is 45.7 Å². The van der Waals surface area contributed by atoms with E-state index in [1.54, 1.807) is 33.5 Å². The standard InChI is InChI=1S/C32H31N3O4S/c1-19-11-10-14-26(20(19)2)34-31(36)21(3)40-32-25(18-33)24(17-27(35-32)22-12-8-7-9-13-22)23-15-28(37-4)30(39-6)29(16-23)38-5/h7-17,21H,1-6H3,(H,34,36). The average molecular weight is 554 g/mol. The summed E-state index contributed by atoms with van der Waals surface area (Å²) in [5.41, 5.74) is 6.12. The van der Waals surface area contributed by atoms with Crippen LogP contribution in [0.25, 0.3) is 22.4 Å². The minimum absolute atomic E-state index is 0.177. The molecule has 40 heavy (non-hydrogen) atoms. The van der Waals surface area contributed by atoms with Crippen LogP contribution in [0.1, 0.15) is 23.6 Å². The van der Waals surface area contributed by atoms with Gasteiger partial charge >= 0.3 is 0 Å². The van der Waals surface area contributed by atoms with Crippen LogP contribution in [-0.2, 0) is 4.79 Å². The number of hydrogen-bond donors (Lipinski definition) is 1. The fourth-order valence-corrected chi connectivity index (χ4v) is 5.20. The summed E-state index contributed by atoms with van der Waals surface area (Å²) in [6, 6.07) is 23.3. The van der Waals surface area contributed by atoms with Gasteiger partial charge in [-0.3, -0.25) is 4.79 Å². The Morgan fingerprint density at radius 3 is 2.20 bits per heavy atom. The molecule has 0 saturated heterocycles. The van der Waals surface area contributed by atoms with E-state index >= 15 is 0 Å². The van der Waals surface area contributed by atoms with Gasteiger partial charge < -0.3 is 19.5 Å². The highest BCUT2D eigenvalue weighted by Crippen LogP contribution is 2.44. The first-order chi connectivity index (χ1) is 19.3.